The Balaban J connectivity index is 1.80. The second-order valence-corrected chi connectivity index (χ2v) is 6.71. The van der Waals surface area contributed by atoms with Crippen molar-refractivity contribution in [1.82, 2.24) is 4.90 Å². The minimum absolute atomic E-state index is 0.0657. The average Bonchev–Trinajstić information content (AvgIpc) is 2.55. The van der Waals surface area contributed by atoms with Crippen LogP contribution in [0.25, 0.3) is 0 Å². The Kier molecular flexibility index (Phi) is 4.87. The number of aliphatic carboxylic acids is 1. The minimum Gasteiger partial charge on any atom is -0.481 e. The second-order valence-electron chi connectivity index (χ2n) is 5.80. The highest BCUT2D eigenvalue weighted by atomic mass is 79.9. The zero-order valence-corrected chi connectivity index (χ0v) is 14.3. The first-order chi connectivity index (χ1) is 11.1. The molecule has 0 spiro atoms. The van der Waals surface area contributed by atoms with Gasteiger partial charge in [-0.05, 0) is 30.2 Å². The summed E-state index contributed by atoms with van der Waals surface area (Å²) in [5.41, 5.74) is 1.61. The van der Waals surface area contributed by atoms with Crippen molar-refractivity contribution in [2.24, 2.45) is 0 Å². The molecule has 2 aliphatic rings. The van der Waals surface area contributed by atoms with Crippen molar-refractivity contribution in [2.45, 2.75) is 12.3 Å². The molecule has 1 saturated heterocycles. The molecule has 0 radical (unpaired) electrons. The first-order valence-electron chi connectivity index (χ1n) is 7.69. The summed E-state index contributed by atoms with van der Waals surface area (Å²) in [5.74, 6) is -1.27. The third-order valence-corrected chi connectivity index (χ3v) is 4.87. The van der Waals surface area contributed by atoms with Gasteiger partial charge in [-0.2, -0.15) is 0 Å². The number of ether oxygens (including phenoxy) is 1. The lowest BCUT2D eigenvalue weighted by Gasteiger charge is -2.36. The Labute approximate surface area is 143 Å². The van der Waals surface area contributed by atoms with Crippen molar-refractivity contribution in [3.63, 3.8) is 0 Å². The molecule has 2 aliphatic heterocycles. The number of amides is 1. The van der Waals surface area contributed by atoms with Gasteiger partial charge in [-0.1, -0.05) is 15.9 Å². The molecule has 1 unspecified atom stereocenters. The summed E-state index contributed by atoms with van der Waals surface area (Å²) < 4.78 is 6.12. The van der Waals surface area contributed by atoms with Gasteiger partial charge >= 0.3 is 5.97 Å². The van der Waals surface area contributed by atoms with E-state index in [0.717, 1.165) is 15.7 Å². The van der Waals surface area contributed by atoms with E-state index in [2.05, 4.69) is 15.9 Å². The molecular formula is C16H19BrN2O4. The summed E-state index contributed by atoms with van der Waals surface area (Å²) in [5, 5.41) is 9.43. The van der Waals surface area contributed by atoms with Crippen molar-refractivity contribution in [3.05, 3.63) is 28.2 Å². The largest absolute Gasteiger partial charge is 0.481 e. The maximum atomic E-state index is 12.5. The molecule has 0 bridgehead atoms. The average molecular weight is 383 g/mol. The van der Waals surface area contributed by atoms with Crippen LogP contribution in [0.1, 0.15) is 17.9 Å². The van der Waals surface area contributed by atoms with Crippen molar-refractivity contribution < 1.29 is 19.4 Å². The summed E-state index contributed by atoms with van der Waals surface area (Å²) in [7, 11) is 0. The monoisotopic (exact) mass is 382 g/mol. The number of morpholine rings is 1. The van der Waals surface area contributed by atoms with Crippen molar-refractivity contribution in [1.29, 1.82) is 0 Å². The van der Waals surface area contributed by atoms with Crippen LogP contribution in [-0.4, -0.2) is 61.3 Å². The lowest BCUT2D eigenvalue weighted by atomic mass is 9.90. The number of benzene rings is 1. The standard InChI is InChI=1S/C16H19BrN2O4/c17-11-1-2-14-13(9-11)12(16(21)22)3-4-19(14)10-15(20)18-5-7-23-8-6-18/h1-2,9,12H,3-8,10H2,(H,21,22). The first-order valence-corrected chi connectivity index (χ1v) is 8.48. The van der Waals surface area contributed by atoms with E-state index in [4.69, 9.17) is 4.74 Å². The molecule has 124 valence electrons. The van der Waals surface area contributed by atoms with Crippen LogP contribution < -0.4 is 4.90 Å². The van der Waals surface area contributed by atoms with E-state index >= 15 is 0 Å². The summed E-state index contributed by atoms with van der Waals surface area (Å²) in [6, 6.07) is 5.62. The van der Waals surface area contributed by atoms with Gasteiger partial charge in [0.2, 0.25) is 5.91 Å². The minimum atomic E-state index is -0.816. The van der Waals surface area contributed by atoms with Gasteiger partial charge in [-0.3, -0.25) is 9.59 Å². The molecule has 1 aromatic rings. The van der Waals surface area contributed by atoms with Crippen LogP contribution in [-0.2, 0) is 14.3 Å². The molecule has 1 atom stereocenters. The summed E-state index contributed by atoms with van der Waals surface area (Å²) >= 11 is 3.40. The van der Waals surface area contributed by atoms with Gasteiger partial charge in [0, 0.05) is 29.8 Å². The normalized spacial score (nSPS) is 21.0. The number of carbonyl (C=O) groups is 2. The van der Waals surface area contributed by atoms with Crippen molar-refractivity contribution in [3.8, 4) is 0 Å². The number of rotatable bonds is 3. The maximum Gasteiger partial charge on any atom is 0.311 e. The Morgan fingerprint density at radius 1 is 1.26 bits per heavy atom. The molecule has 1 N–H and O–H groups in total. The molecule has 6 nitrogen and oxygen atoms in total. The Bertz CT molecular complexity index is 616. The van der Waals surface area contributed by atoms with Crippen LogP contribution in [0.2, 0.25) is 0 Å². The van der Waals surface area contributed by atoms with Crippen LogP contribution in [0.15, 0.2) is 22.7 Å². The van der Waals surface area contributed by atoms with Crippen molar-refractivity contribution >= 4 is 33.5 Å². The summed E-state index contributed by atoms with van der Waals surface area (Å²) in [6.07, 6.45) is 0.509. The number of carboxylic acid groups (broad SMARTS) is 1. The highest BCUT2D eigenvalue weighted by Gasteiger charge is 2.31. The van der Waals surface area contributed by atoms with E-state index < -0.39 is 11.9 Å². The van der Waals surface area contributed by atoms with Gasteiger partial charge in [0.15, 0.2) is 0 Å². The molecule has 0 aliphatic carbocycles. The number of hydrogen-bond acceptors (Lipinski definition) is 4. The number of anilines is 1. The molecular weight excluding hydrogens is 364 g/mol. The molecule has 0 aromatic heterocycles. The number of carboxylic acids is 1. The van der Waals surface area contributed by atoms with Crippen LogP contribution in [0, 0.1) is 0 Å². The molecule has 23 heavy (non-hydrogen) atoms. The SMILES string of the molecule is O=C(O)C1CCN(CC(=O)N2CCOCC2)c2ccc(Br)cc21. The summed E-state index contributed by atoms with van der Waals surface area (Å²) in [6.45, 7) is 3.25. The second kappa shape index (κ2) is 6.88. The third kappa shape index (κ3) is 3.50. The molecule has 2 heterocycles. The van der Waals surface area contributed by atoms with E-state index in [1.54, 1.807) is 0 Å². The van der Waals surface area contributed by atoms with E-state index in [1.165, 1.54) is 0 Å². The predicted molar refractivity (Wildman–Crippen MR) is 88.7 cm³/mol. The Hall–Kier alpha value is -1.60. The Morgan fingerprint density at radius 2 is 2.00 bits per heavy atom. The van der Waals surface area contributed by atoms with Crippen LogP contribution in [0.5, 0.6) is 0 Å². The lowest BCUT2D eigenvalue weighted by molar-refractivity contribution is -0.139. The van der Waals surface area contributed by atoms with E-state index in [9.17, 15) is 14.7 Å². The topological polar surface area (TPSA) is 70.1 Å². The van der Waals surface area contributed by atoms with Crippen LogP contribution in [0.3, 0.4) is 0 Å². The molecule has 0 saturated carbocycles. The maximum absolute atomic E-state index is 12.5. The van der Waals surface area contributed by atoms with Crippen LogP contribution in [0.4, 0.5) is 5.69 Å². The number of nitrogens with zero attached hydrogens (tertiary/aromatic N) is 2. The van der Waals surface area contributed by atoms with Crippen molar-refractivity contribution in [2.75, 3.05) is 44.3 Å². The Morgan fingerprint density at radius 3 is 2.70 bits per heavy atom. The molecule has 1 amide bonds. The quantitative estimate of drug-likeness (QED) is 0.860. The van der Waals surface area contributed by atoms with Gasteiger partial charge in [0.1, 0.15) is 0 Å². The van der Waals surface area contributed by atoms with Gasteiger partial charge in [0.25, 0.3) is 0 Å². The first kappa shape index (κ1) is 16.3. The molecule has 1 fully saturated rings. The zero-order valence-electron chi connectivity index (χ0n) is 12.7. The number of hydrogen-bond donors (Lipinski definition) is 1. The van der Waals surface area contributed by atoms with E-state index in [1.807, 2.05) is 28.0 Å². The molecule has 1 aromatic carbocycles. The number of halogens is 1. The van der Waals surface area contributed by atoms with Gasteiger partial charge in [-0.15, -0.1) is 0 Å². The number of carbonyl (C=O) groups excluding carboxylic acids is 1. The highest BCUT2D eigenvalue weighted by molar-refractivity contribution is 9.10. The van der Waals surface area contributed by atoms with Gasteiger partial charge in [0.05, 0.1) is 25.7 Å². The third-order valence-electron chi connectivity index (χ3n) is 4.38. The van der Waals surface area contributed by atoms with Gasteiger partial charge < -0.3 is 19.6 Å². The predicted octanol–water partition coefficient (Wildman–Crippen LogP) is 1.69. The van der Waals surface area contributed by atoms with Crippen LogP contribution >= 0.6 is 15.9 Å². The van der Waals surface area contributed by atoms with E-state index in [0.29, 0.717) is 39.3 Å². The van der Waals surface area contributed by atoms with Gasteiger partial charge in [-0.25, -0.2) is 0 Å². The zero-order chi connectivity index (χ0) is 16.4. The lowest BCUT2D eigenvalue weighted by Crippen LogP contribution is -2.47. The molecule has 7 heteroatoms. The molecule has 3 rings (SSSR count). The highest BCUT2D eigenvalue weighted by Crippen LogP contribution is 2.37. The van der Waals surface area contributed by atoms with E-state index in [-0.39, 0.29) is 12.5 Å². The fourth-order valence-electron chi connectivity index (χ4n) is 3.15. The summed E-state index contributed by atoms with van der Waals surface area (Å²) in [4.78, 5) is 27.7. The number of fused-ring (bicyclic) bond motifs is 1. The fourth-order valence-corrected chi connectivity index (χ4v) is 3.53. The smallest absolute Gasteiger partial charge is 0.311 e. The fraction of sp³-hybridized carbons (Fsp3) is 0.500.